The highest BCUT2D eigenvalue weighted by molar-refractivity contribution is 7.87. The summed E-state index contributed by atoms with van der Waals surface area (Å²) in [5.74, 6) is -1.96. The second kappa shape index (κ2) is 8.89. The van der Waals surface area contributed by atoms with Crippen LogP contribution in [0.25, 0.3) is 6.08 Å². The number of anilines is 1. The molecule has 1 aliphatic rings. The van der Waals surface area contributed by atoms with Gasteiger partial charge in [-0.15, -0.1) is 0 Å². The Hall–Kier alpha value is -3.95. The minimum Gasteiger partial charge on any atom is -0.378 e. The van der Waals surface area contributed by atoms with Crippen molar-refractivity contribution in [2.45, 2.75) is 4.90 Å². The smallest absolute Gasteiger partial charge is 0.339 e. The molecule has 3 aromatic rings. The molecule has 0 unspecified atom stereocenters. The van der Waals surface area contributed by atoms with Gasteiger partial charge in [0.25, 0.3) is 11.8 Å². The summed E-state index contributed by atoms with van der Waals surface area (Å²) in [5, 5.41) is 2.22. The second-order valence-electron chi connectivity index (χ2n) is 6.80. The number of urea groups is 1. The van der Waals surface area contributed by atoms with Crippen LogP contribution >= 0.6 is 11.6 Å². The Balaban J connectivity index is 1.73. The second-order valence-corrected chi connectivity index (χ2v) is 8.75. The third kappa shape index (κ3) is 4.50. The number of benzene rings is 3. The molecule has 0 saturated carbocycles. The molecular weight excluding hydrogens is 468 g/mol. The zero-order chi connectivity index (χ0) is 23.6. The Morgan fingerprint density at radius 1 is 0.848 bits per heavy atom. The Labute approximate surface area is 194 Å². The molecule has 33 heavy (non-hydrogen) atoms. The van der Waals surface area contributed by atoms with Crippen molar-refractivity contribution in [1.82, 2.24) is 5.32 Å². The number of halogens is 1. The van der Waals surface area contributed by atoms with Crippen molar-refractivity contribution < 1.29 is 27.0 Å². The first kappa shape index (κ1) is 22.3. The highest BCUT2D eigenvalue weighted by Gasteiger charge is 2.37. The molecule has 10 heteroatoms. The van der Waals surface area contributed by atoms with Gasteiger partial charge in [0.2, 0.25) is 0 Å². The van der Waals surface area contributed by atoms with E-state index in [1.54, 1.807) is 42.5 Å². The summed E-state index contributed by atoms with van der Waals surface area (Å²) >= 11 is 6.12. The van der Waals surface area contributed by atoms with E-state index in [2.05, 4.69) is 5.32 Å². The Bertz CT molecular complexity index is 1400. The van der Waals surface area contributed by atoms with Crippen LogP contribution in [0.3, 0.4) is 0 Å². The first-order valence-electron chi connectivity index (χ1n) is 9.52. The van der Waals surface area contributed by atoms with E-state index in [-0.39, 0.29) is 26.9 Å². The van der Waals surface area contributed by atoms with Crippen LogP contribution in [-0.4, -0.2) is 26.3 Å². The summed E-state index contributed by atoms with van der Waals surface area (Å²) < 4.78 is 30.5. The Kier molecular flexibility index (Phi) is 5.99. The van der Waals surface area contributed by atoms with Gasteiger partial charge in [0.1, 0.15) is 16.2 Å². The van der Waals surface area contributed by atoms with E-state index in [0.717, 1.165) is 11.0 Å². The average molecular weight is 483 g/mol. The predicted octanol–water partition coefficient (Wildman–Crippen LogP) is 3.77. The number of hydrogen-bond donors (Lipinski definition) is 1. The van der Waals surface area contributed by atoms with E-state index in [1.807, 2.05) is 0 Å². The van der Waals surface area contributed by atoms with Crippen LogP contribution < -0.4 is 14.4 Å². The van der Waals surface area contributed by atoms with Gasteiger partial charge in [-0.2, -0.15) is 8.42 Å². The molecule has 0 bridgehead atoms. The third-order valence-electron chi connectivity index (χ3n) is 4.65. The number of rotatable bonds is 5. The summed E-state index contributed by atoms with van der Waals surface area (Å²) in [6.45, 7) is 0. The zero-order valence-electron chi connectivity index (χ0n) is 16.8. The van der Waals surface area contributed by atoms with Gasteiger partial charge in [-0.1, -0.05) is 60.1 Å². The van der Waals surface area contributed by atoms with Crippen LogP contribution in [0.4, 0.5) is 10.5 Å². The van der Waals surface area contributed by atoms with Crippen molar-refractivity contribution in [2.24, 2.45) is 0 Å². The van der Waals surface area contributed by atoms with Crippen LogP contribution in [0, 0.1) is 0 Å². The topological polar surface area (TPSA) is 110 Å². The predicted molar refractivity (Wildman–Crippen MR) is 121 cm³/mol. The Morgan fingerprint density at radius 2 is 1.48 bits per heavy atom. The summed E-state index contributed by atoms with van der Waals surface area (Å²) in [6.07, 6.45) is 1.16. The molecule has 3 aromatic carbocycles. The van der Waals surface area contributed by atoms with E-state index in [1.165, 1.54) is 36.4 Å². The molecule has 8 nitrogen and oxygen atoms in total. The lowest BCUT2D eigenvalue weighted by Gasteiger charge is -2.27. The number of carbonyl (C=O) groups is 3. The van der Waals surface area contributed by atoms with E-state index in [0.29, 0.717) is 0 Å². The standard InChI is InChI=1S/C23H15ClN2O6S/c24-18-11-5-6-12-19(18)26-22(28)17(21(27)25-23(26)29)14-15-8-4-7-13-20(15)32-33(30,31)16-9-2-1-3-10-16/h1-14H,(H,25,27,29)/b17-14+. The monoisotopic (exact) mass is 482 g/mol. The molecule has 4 rings (SSSR count). The van der Waals surface area contributed by atoms with Gasteiger partial charge in [0.15, 0.2) is 0 Å². The van der Waals surface area contributed by atoms with Crippen LogP contribution in [0.1, 0.15) is 5.56 Å². The van der Waals surface area contributed by atoms with Crippen molar-refractivity contribution >= 4 is 51.3 Å². The largest absolute Gasteiger partial charge is 0.378 e. The fourth-order valence-corrected chi connectivity index (χ4v) is 4.29. The van der Waals surface area contributed by atoms with Gasteiger partial charge in [0, 0.05) is 5.56 Å². The molecular formula is C23H15ClN2O6S. The fourth-order valence-electron chi connectivity index (χ4n) is 3.09. The molecule has 1 saturated heterocycles. The van der Waals surface area contributed by atoms with Crippen molar-refractivity contribution in [1.29, 1.82) is 0 Å². The molecule has 0 radical (unpaired) electrons. The van der Waals surface area contributed by atoms with E-state index in [9.17, 15) is 22.8 Å². The maximum atomic E-state index is 13.1. The van der Waals surface area contributed by atoms with Crippen molar-refractivity contribution in [3.63, 3.8) is 0 Å². The highest BCUT2D eigenvalue weighted by Crippen LogP contribution is 2.30. The molecule has 1 fully saturated rings. The first-order valence-corrected chi connectivity index (χ1v) is 11.3. The molecule has 166 valence electrons. The summed E-state index contributed by atoms with van der Waals surface area (Å²) in [6, 6.07) is 18.7. The maximum absolute atomic E-state index is 13.1. The summed E-state index contributed by atoms with van der Waals surface area (Å²) in [7, 11) is -4.17. The van der Waals surface area contributed by atoms with Gasteiger partial charge >= 0.3 is 16.1 Å². The number of carbonyl (C=O) groups excluding carboxylic acids is 3. The third-order valence-corrected chi connectivity index (χ3v) is 6.21. The molecule has 0 atom stereocenters. The Morgan fingerprint density at radius 3 is 2.21 bits per heavy atom. The normalized spacial score (nSPS) is 15.5. The minimum atomic E-state index is -4.17. The quantitative estimate of drug-likeness (QED) is 0.337. The number of nitrogens with one attached hydrogen (secondary N) is 1. The number of imide groups is 2. The van der Waals surface area contributed by atoms with Gasteiger partial charge in [0.05, 0.1) is 10.7 Å². The number of nitrogens with zero attached hydrogens (tertiary/aromatic N) is 1. The lowest BCUT2D eigenvalue weighted by Crippen LogP contribution is -2.54. The SMILES string of the molecule is O=C1NC(=O)N(c2ccccc2Cl)C(=O)/C1=C/c1ccccc1OS(=O)(=O)c1ccccc1. The van der Waals surface area contributed by atoms with Gasteiger partial charge < -0.3 is 4.18 Å². The van der Waals surface area contributed by atoms with Crippen LogP contribution in [0.15, 0.2) is 89.3 Å². The van der Waals surface area contributed by atoms with Gasteiger partial charge in [-0.05, 0) is 36.4 Å². The average Bonchev–Trinajstić information content (AvgIpc) is 2.79. The number of para-hydroxylation sites is 2. The van der Waals surface area contributed by atoms with Crippen molar-refractivity contribution in [3.8, 4) is 5.75 Å². The fraction of sp³-hybridized carbons (Fsp3) is 0. The lowest BCUT2D eigenvalue weighted by atomic mass is 10.1. The number of barbiturate groups is 1. The van der Waals surface area contributed by atoms with Gasteiger partial charge in [-0.25, -0.2) is 9.69 Å². The summed E-state index contributed by atoms with van der Waals surface area (Å²) in [5.41, 5.74) is -0.164. The van der Waals surface area contributed by atoms with Crippen molar-refractivity contribution in [2.75, 3.05) is 4.90 Å². The maximum Gasteiger partial charge on any atom is 0.339 e. The lowest BCUT2D eigenvalue weighted by molar-refractivity contribution is -0.122. The highest BCUT2D eigenvalue weighted by atomic mass is 35.5. The number of amides is 4. The van der Waals surface area contributed by atoms with E-state index >= 15 is 0 Å². The zero-order valence-corrected chi connectivity index (χ0v) is 18.3. The summed E-state index contributed by atoms with van der Waals surface area (Å²) in [4.78, 5) is 38.6. The number of hydrogen-bond acceptors (Lipinski definition) is 6. The molecule has 0 spiro atoms. The molecule has 0 aromatic heterocycles. The minimum absolute atomic E-state index is 0.0607. The van der Waals surface area contributed by atoms with Gasteiger partial charge in [-0.3, -0.25) is 14.9 Å². The molecule has 0 aliphatic carbocycles. The van der Waals surface area contributed by atoms with Crippen LogP contribution in [0.5, 0.6) is 5.75 Å². The molecule has 1 aliphatic heterocycles. The van der Waals surface area contributed by atoms with E-state index < -0.39 is 33.5 Å². The molecule has 1 N–H and O–H groups in total. The first-order chi connectivity index (χ1) is 15.8. The molecule has 4 amide bonds. The van der Waals surface area contributed by atoms with Crippen LogP contribution in [0.2, 0.25) is 5.02 Å². The van der Waals surface area contributed by atoms with Crippen LogP contribution in [-0.2, 0) is 19.7 Å². The molecule has 1 heterocycles. The van der Waals surface area contributed by atoms with Crippen molar-refractivity contribution in [3.05, 3.63) is 95.0 Å². The van der Waals surface area contributed by atoms with E-state index in [4.69, 9.17) is 15.8 Å².